The predicted octanol–water partition coefficient (Wildman–Crippen LogP) is 3.98. The standard InChI is InChI=1S/C10H7F2NS2/c1-13-7-3-5-15-9(7)8-6(2-4-14-8)10(13,11)12/h2-5H,1H3. The second-order valence-electron chi connectivity index (χ2n) is 3.40. The molecule has 5 heteroatoms. The molecule has 78 valence electrons. The van der Waals surface area contributed by atoms with Crippen molar-refractivity contribution in [3.8, 4) is 9.75 Å². The summed E-state index contributed by atoms with van der Waals surface area (Å²) in [5, 5.41) is 3.58. The van der Waals surface area contributed by atoms with Gasteiger partial charge in [0.25, 0.3) is 0 Å². The van der Waals surface area contributed by atoms with Gasteiger partial charge in [0, 0.05) is 7.05 Å². The topological polar surface area (TPSA) is 3.24 Å². The monoisotopic (exact) mass is 243 g/mol. The summed E-state index contributed by atoms with van der Waals surface area (Å²) < 4.78 is 27.8. The number of alkyl halides is 2. The lowest BCUT2D eigenvalue weighted by molar-refractivity contribution is -0.00280. The van der Waals surface area contributed by atoms with E-state index in [1.54, 1.807) is 11.4 Å². The van der Waals surface area contributed by atoms with Gasteiger partial charge in [-0.15, -0.1) is 22.7 Å². The number of anilines is 1. The molecule has 0 amide bonds. The summed E-state index contributed by atoms with van der Waals surface area (Å²) >= 11 is 2.89. The molecule has 3 heterocycles. The van der Waals surface area contributed by atoms with Crippen LogP contribution in [0.1, 0.15) is 5.56 Å². The Bertz CT molecular complexity index is 515. The molecule has 0 atom stereocenters. The van der Waals surface area contributed by atoms with E-state index in [0.717, 1.165) is 9.78 Å². The average molecular weight is 243 g/mol. The summed E-state index contributed by atoms with van der Waals surface area (Å²) in [4.78, 5) is 2.71. The summed E-state index contributed by atoms with van der Waals surface area (Å²) in [5.74, 6) is 0. The molecule has 0 fully saturated rings. The van der Waals surface area contributed by atoms with Crippen LogP contribution in [0.5, 0.6) is 0 Å². The molecule has 0 spiro atoms. The fourth-order valence-corrected chi connectivity index (χ4v) is 3.82. The number of thiophene rings is 2. The summed E-state index contributed by atoms with van der Waals surface area (Å²) in [6, 6.07) is 0.374. The molecule has 1 nitrogen and oxygen atoms in total. The van der Waals surface area contributed by atoms with Gasteiger partial charge in [-0.05, 0) is 22.9 Å². The van der Waals surface area contributed by atoms with Crippen molar-refractivity contribution in [3.05, 3.63) is 28.5 Å². The first-order chi connectivity index (χ1) is 7.12. The molecular weight excluding hydrogens is 236 g/mol. The second-order valence-corrected chi connectivity index (χ2v) is 5.23. The van der Waals surface area contributed by atoms with Crippen LogP contribution in [0.15, 0.2) is 22.9 Å². The van der Waals surface area contributed by atoms with Gasteiger partial charge in [-0.1, -0.05) is 0 Å². The van der Waals surface area contributed by atoms with Crippen LogP contribution in [0.2, 0.25) is 0 Å². The van der Waals surface area contributed by atoms with Crippen molar-refractivity contribution in [3.63, 3.8) is 0 Å². The van der Waals surface area contributed by atoms with Crippen LogP contribution in [0.25, 0.3) is 9.75 Å². The first-order valence-electron chi connectivity index (χ1n) is 4.40. The molecule has 0 N–H and O–H groups in total. The van der Waals surface area contributed by atoms with Crippen molar-refractivity contribution in [1.29, 1.82) is 0 Å². The SMILES string of the molecule is CN1c2ccsc2-c2sccc2C1(F)F. The lowest BCUT2D eigenvalue weighted by Gasteiger charge is -2.33. The fraction of sp³-hybridized carbons (Fsp3) is 0.200. The third-order valence-electron chi connectivity index (χ3n) is 2.62. The Labute approximate surface area is 93.6 Å². The first-order valence-corrected chi connectivity index (χ1v) is 6.16. The zero-order valence-corrected chi connectivity index (χ0v) is 9.46. The van der Waals surface area contributed by atoms with Crippen molar-refractivity contribution < 1.29 is 8.78 Å². The van der Waals surface area contributed by atoms with Gasteiger partial charge in [0.15, 0.2) is 0 Å². The van der Waals surface area contributed by atoms with Crippen LogP contribution in [-0.4, -0.2) is 7.05 Å². The number of nitrogens with zero attached hydrogens (tertiary/aromatic N) is 1. The van der Waals surface area contributed by atoms with Gasteiger partial charge in [0.1, 0.15) is 0 Å². The van der Waals surface area contributed by atoms with E-state index in [0.29, 0.717) is 10.6 Å². The minimum Gasteiger partial charge on any atom is -0.311 e. The first kappa shape index (κ1) is 9.30. The molecule has 0 saturated heterocycles. The van der Waals surface area contributed by atoms with Crippen molar-refractivity contribution in [1.82, 2.24) is 0 Å². The molecule has 2 aromatic rings. The molecule has 0 radical (unpaired) electrons. The molecule has 2 aromatic heterocycles. The van der Waals surface area contributed by atoms with Gasteiger partial charge < -0.3 is 4.90 Å². The molecular formula is C10H7F2NS2. The molecule has 1 aliphatic heterocycles. The molecule has 0 aliphatic carbocycles. The van der Waals surface area contributed by atoms with Crippen LogP contribution in [0.3, 0.4) is 0 Å². The van der Waals surface area contributed by atoms with Crippen molar-refractivity contribution in [2.45, 2.75) is 6.05 Å². The minimum absolute atomic E-state index is 0.130. The minimum atomic E-state index is -2.89. The highest BCUT2D eigenvalue weighted by atomic mass is 32.1. The largest absolute Gasteiger partial charge is 0.354 e. The third-order valence-corrected chi connectivity index (χ3v) is 4.60. The van der Waals surface area contributed by atoms with E-state index in [1.165, 1.54) is 35.8 Å². The van der Waals surface area contributed by atoms with Gasteiger partial charge in [-0.2, -0.15) is 8.78 Å². The Morgan fingerprint density at radius 2 is 1.80 bits per heavy atom. The van der Waals surface area contributed by atoms with Crippen molar-refractivity contribution in [2.24, 2.45) is 0 Å². The van der Waals surface area contributed by atoms with E-state index in [-0.39, 0.29) is 5.56 Å². The number of hydrogen-bond donors (Lipinski definition) is 0. The van der Waals surface area contributed by atoms with E-state index in [4.69, 9.17) is 0 Å². The summed E-state index contributed by atoms with van der Waals surface area (Å²) in [5.41, 5.74) is 0.755. The van der Waals surface area contributed by atoms with Crippen LogP contribution < -0.4 is 4.90 Å². The van der Waals surface area contributed by atoms with Crippen LogP contribution in [0, 0.1) is 0 Å². The lowest BCUT2D eigenvalue weighted by Crippen LogP contribution is -2.38. The zero-order valence-electron chi connectivity index (χ0n) is 7.83. The van der Waals surface area contributed by atoms with E-state index in [1.807, 2.05) is 5.38 Å². The van der Waals surface area contributed by atoms with E-state index in [2.05, 4.69) is 0 Å². The van der Waals surface area contributed by atoms with Crippen LogP contribution in [-0.2, 0) is 6.05 Å². The molecule has 15 heavy (non-hydrogen) atoms. The van der Waals surface area contributed by atoms with Gasteiger partial charge >= 0.3 is 6.05 Å². The summed E-state index contributed by atoms with van der Waals surface area (Å²) in [6.45, 7) is 0. The number of halogens is 2. The summed E-state index contributed by atoms with van der Waals surface area (Å²) in [6.07, 6.45) is 0. The van der Waals surface area contributed by atoms with Gasteiger partial charge in [-0.3, -0.25) is 0 Å². The van der Waals surface area contributed by atoms with E-state index in [9.17, 15) is 8.78 Å². The number of rotatable bonds is 0. The Hall–Kier alpha value is -0.940. The smallest absolute Gasteiger partial charge is 0.311 e. The normalized spacial score (nSPS) is 17.4. The Morgan fingerprint density at radius 1 is 1.13 bits per heavy atom. The highest BCUT2D eigenvalue weighted by Crippen LogP contribution is 2.52. The van der Waals surface area contributed by atoms with E-state index >= 15 is 0 Å². The van der Waals surface area contributed by atoms with Gasteiger partial charge in [0.05, 0.1) is 21.0 Å². The second kappa shape index (κ2) is 2.80. The Kier molecular flexibility index (Phi) is 1.73. The fourth-order valence-electron chi connectivity index (χ4n) is 1.79. The Balaban J connectivity index is 2.36. The number of fused-ring (bicyclic) bond motifs is 3. The zero-order chi connectivity index (χ0) is 10.6. The lowest BCUT2D eigenvalue weighted by atomic mass is 10.1. The quantitative estimate of drug-likeness (QED) is 0.633. The predicted molar refractivity (Wildman–Crippen MR) is 59.9 cm³/mol. The Morgan fingerprint density at radius 3 is 2.60 bits per heavy atom. The molecule has 0 saturated carbocycles. The third kappa shape index (κ3) is 1.05. The highest BCUT2D eigenvalue weighted by molar-refractivity contribution is 7.21. The van der Waals surface area contributed by atoms with Gasteiger partial charge in [0.2, 0.25) is 0 Å². The van der Waals surface area contributed by atoms with E-state index < -0.39 is 6.05 Å². The number of hydrogen-bond acceptors (Lipinski definition) is 3. The maximum Gasteiger partial charge on any atom is 0.354 e. The molecule has 0 unspecified atom stereocenters. The van der Waals surface area contributed by atoms with Crippen LogP contribution in [0.4, 0.5) is 14.5 Å². The maximum atomic E-state index is 13.9. The van der Waals surface area contributed by atoms with Crippen molar-refractivity contribution in [2.75, 3.05) is 11.9 Å². The molecule has 3 rings (SSSR count). The molecule has 0 bridgehead atoms. The molecule has 1 aliphatic rings. The average Bonchev–Trinajstić information content (AvgIpc) is 2.82. The van der Waals surface area contributed by atoms with Crippen LogP contribution >= 0.6 is 22.7 Å². The van der Waals surface area contributed by atoms with Crippen molar-refractivity contribution >= 4 is 28.4 Å². The highest BCUT2D eigenvalue weighted by Gasteiger charge is 2.45. The maximum absolute atomic E-state index is 13.9. The molecule has 0 aromatic carbocycles. The summed E-state index contributed by atoms with van der Waals surface area (Å²) in [7, 11) is 1.44. The van der Waals surface area contributed by atoms with Gasteiger partial charge in [-0.25, -0.2) is 0 Å².